The van der Waals surface area contributed by atoms with Crippen molar-refractivity contribution in [3.63, 3.8) is 0 Å². The molecule has 0 spiro atoms. The van der Waals surface area contributed by atoms with E-state index in [0.29, 0.717) is 0 Å². The Morgan fingerprint density at radius 2 is 1.67 bits per heavy atom. The molecule has 1 aromatic rings. The van der Waals surface area contributed by atoms with Gasteiger partial charge in [-0.25, -0.2) is 8.42 Å². The Hall–Kier alpha value is -1.16. The van der Waals surface area contributed by atoms with E-state index in [-0.39, 0.29) is 18.0 Å². The van der Waals surface area contributed by atoms with E-state index in [1.165, 1.54) is 6.92 Å². The molecule has 0 aromatic heterocycles. The molecule has 0 aliphatic carbocycles. The average molecular weight is 268 g/mol. The highest BCUT2D eigenvalue weighted by Crippen LogP contribution is 2.16. The summed E-state index contributed by atoms with van der Waals surface area (Å²) in [5, 5.41) is -0.914. The van der Waals surface area contributed by atoms with Crippen molar-refractivity contribution in [3.05, 3.63) is 34.9 Å². The van der Waals surface area contributed by atoms with Crippen molar-refractivity contribution in [1.29, 1.82) is 0 Å². The molecule has 0 saturated carbocycles. The quantitative estimate of drug-likeness (QED) is 0.824. The van der Waals surface area contributed by atoms with Crippen LogP contribution >= 0.6 is 0 Å². The molecule has 1 unspecified atom stereocenters. The number of rotatable bonds is 5. The Kier molecular flexibility index (Phi) is 4.68. The SMILES string of the molecule is CCC(=O)C(C)S(=O)(=O)Cc1cc(C)cc(C)c1. The van der Waals surface area contributed by atoms with E-state index in [4.69, 9.17) is 0 Å². The van der Waals surface area contributed by atoms with Crippen LogP contribution < -0.4 is 0 Å². The Morgan fingerprint density at radius 1 is 1.17 bits per heavy atom. The molecule has 0 radical (unpaired) electrons. The Morgan fingerprint density at radius 3 is 2.11 bits per heavy atom. The van der Waals surface area contributed by atoms with E-state index in [0.717, 1.165) is 16.7 Å². The number of aryl methyl sites for hydroxylation is 2. The largest absolute Gasteiger partial charge is 0.298 e. The third-order valence-corrected chi connectivity index (χ3v) is 5.07. The third kappa shape index (κ3) is 3.67. The lowest BCUT2D eigenvalue weighted by atomic mass is 10.1. The zero-order valence-corrected chi connectivity index (χ0v) is 12.2. The summed E-state index contributed by atoms with van der Waals surface area (Å²) in [6.07, 6.45) is 0.257. The molecule has 1 rings (SSSR count). The van der Waals surface area contributed by atoms with Crippen LogP contribution in [0.15, 0.2) is 18.2 Å². The summed E-state index contributed by atoms with van der Waals surface area (Å²) in [6, 6.07) is 5.71. The van der Waals surface area contributed by atoms with Crippen LogP contribution in [0.4, 0.5) is 0 Å². The summed E-state index contributed by atoms with van der Waals surface area (Å²) in [4.78, 5) is 11.5. The minimum atomic E-state index is -3.41. The number of ketones is 1. The van der Waals surface area contributed by atoms with Gasteiger partial charge in [-0.2, -0.15) is 0 Å². The third-order valence-electron chi connectivity index (χ3n) is 2.99. The number of carbonyl (C=O) groups is 1. The minimum absolute atomic E-state index is 0.0670. The van der Waals surface area contributed by atoms with Gasteiger partial charge in [0.05, 0.1) is 5.75 Å². The van der Waals surface area contributed by atoms with Crippen LogP contribution in [0.3, 0.4) is 0 Å². The Bertz CT molecular complexity index is 524. The van der Waals surface area contributed by atoms with Gasteiger partial charge in [0.25, 0.3) is 0 Å². The standard InChI is InChI=1S/C14H20O3S/c1-5-14(15)12(4)18(16,17)9-13-7-10(2)6-11(3)8-13/h6-8,12H,5,9H2,1-4H3. The summed E-state index contributed by atoms with van der Waals surface area (Å²) in [5.74, 6) is -0.290. The fourth-order valence-electron chi connectivity index (χ4n) is 2.00. The van der Waals surface area contributed by atoms with Crippen molar-refractivity contribution < 1.29 is 13.2 Å². The molecule has 3 nitrogen and oxygen atoms in total. The summed E-state index contributed by atoms with van der Waals surface area (Å²) in [7, 11) is -3.41. The van der Waals surface area contributed by atoms with Crippen LogP contribution in [0.5, 0.6) is 0 Å². The lowest BCUT2D eigenvalue weighted by Crippen LogP contribution is -2.28. The maximum Gasteiger partial charge on any atom is 0.164 e. The highest BCUT2D eigenvalue weighted by molar-refractivity contribution is 7.92. The minimum Gasteiger partial charge on any atom is -0.298 e. The molecule has 0 fully saturated rings. The van der Waals surface area contributed by atoms with Crippen LogP contribution in [-0.4, -0.2) is 19.5 Å². The monoisotopic (exact) mass is 268 g/mol. The van der Waals surface area contributed by atoms with Gasteiger partial charge in [0, 0.05) is 6.42 Å². The second-order valence-electron chi connectivity index (χ2n) is 4.77. The van der Waals surface area contributed by atoms with Crippen LogP contribution in [0.25, 0.3) is 0 Å². The van der Waals surface area contributed by atoms with E-state index in [1.807, 2.05) is 32.0 Å². The lowest BCUT2D eigenvalue weighted by Gasteiger charge is -2.12. The first-order valence-corrected chi connectivity index (χ1v) is 7.79. The van der Waals surface area contributed by atoms with Crippen LogP contribution in [0, 0.1) is 13.8 Å². The lowest BCUT2D eigenvalue weighted by molar-refractivity contribution is -0.118. The van der Waals surface area contributed by atoms with Crippen LogP contribution in [0.1, 0.15) is 37.0 Å². The molecule has 0 aliphatic heterocycles. The molecule has 1 atom stereocenters. The molecule has 100 valence electrons. The number of hydrogen-bond donors (Lipinski definition) is 0. The number of Topliss-reactive ketones (excluding diaryl/α,β-unsaturated/α-hetero) is 1. The second kappa shape index (κ2) is 5.65. The zero-order valence-electron chi connectivity index (χ0n) is 11.4. The van der Waals surface area contributed by atoms with Gasteiger partial charge in [-0.15, -0.1) is 0 Å². The van der Waals surface area contributed by atoms with E-state index in [2.05, 4.69) is 0 Å². The van der Waals surface area contributed by atoms with Crippen LogP contribution in [-0.2, 0) is 20.4 Å². The van der Waals surface area contributed by atoms with Gasteiger partial charge in [-0.3, -0.25) is 4.79 Å². The molecule has 0 heterocycles. The van der Waals surface area contributed by atoms with Gasteiger partial charge in [-0.05, 0) is 26.3 Å². The van der Waals surface area contributed by atoms with E-state index in [1.54, 1.807) is 6.92 Å². The van der Waals surface area contributed by atoms with E-state index < -0.39 is 15.1 Å². The number of carbonyl (C=O) groups excluding carboxylic acids is 1. The molecule has 0 aliphatic rings. The molecule has 4 heteroatoms. The first-order chi connectivity index (χ1) is 8.26. The highest BCUT2D eigenvalue weighted by Gasteiger charge is 2.26. The number of sulfone groups is 1. The summed E-state index contributed by atoms with van der Waals surface area (Å²) in [5.41, 5.74) is 2.83. The van der Waals surface area contributed by atoms with Crippen molar-refractivity contribution in [2.45, 2.75) is 45.1 Å². The fourth-order valence-corrected chi connectivity index (χ4v) is 3.45. The van der Waals surface area contributed by atoms with Crippen LogP contribution in [0.2, 0.25) is 0 Å². The van der Waals surface area contributed by atoms with Gasteiger partial charge in [-0.1, -0.05) is 36.2 Å². The normalized spacial score (nSPS) is 13.3. The van der Waals surface area contributed by atoms with Gasteiger partial charge in [0.15, 0.2) is 9.84 Å². The Labute approximate surface area is 109 Å². The summed E-state index contributed by atoms with van der Waals surface area (Å²) < 4.78 is 24.2. The molecule has 0 bridgehead atoms. The molecule has 18 heavy (non-hydrogen) atoms. The maximum atomic E-state index is 12.1. The summed E-state index contributed by atoms with van der Waals surface area (Å²) >= 11 is 0. The van der Waals surface area contributed by atoms with Gasteiger partial charge < -0.3 is 0 Å². The molecule has 1 aromatic carbocycles. The van der Waals surface area contributed by atoms with Gasteiger partial charge in [0.2, 0.25) is 0 Å². The zero-order chi connectivity index (χ0) is 13.9. The van der Waals surface area contributed by atoms with Crippen molar-refractivity contribution in [1.82, 2.24) is 0 Å². The first-order valence-electron chi connectivity index (χ1n) is 6.07. The van der Waals surface area contributed by atoms with Gasteiger partial charge >= 0.3 is 0 Å². The topological polar surface area (TPSA) is 51.2 Å². The van der Waals surface area contributed by atoms with Crippen molar-refractivity contribution in [2.24, 2.45) is 0 Å². The Balaban J connectivity index is 2.99. The molecule has 0 N–H and O–H groups in total. The summed E-state index contributed by atoms with van der Waals surface area (Å²) in [6.45, 7) is 7.03. The predicted molar refractivity (Wildman–Crippen MR) is 73.3 cm³/mol. The smallest absolute Gasteiger partial charge is 0.164 e. The van der Waals surface area contributed by atoms with Crippen molar-refractivity contribution in [2.75, 3.05) is 0 Å². The molecule has 0 saturated heterocycles. The van der Waals surface area contributed by atoms with Crippen molar-refractivity contribution in [3.8, 4) is 0 Å². The molecule has 0 amide bonds. The predicted octanol–water partition coefficient (Wildman–Crippen LogP) is 2.59. The fraction of sp³-hybridized carbons (Fsp3) is 0.500. The first kappa shape index (κ1) is 14.9. The highest BCUT2D eigenvalue weighted by atomic mass is 32.2. The molecular formula is C14H20O3S. The maximum absolute atomic E-state index is 12.1. The van der Waals surface area contributed by atoms with E-state index in [9.17, 15) is 13.2 Å². The second-order valence-corrected chi connectivity index (χ2v) is 7.09. The van der Waals surface area contributed by atoms with E-state index >= 15 is 0 Å². The number of benzene rings is 1. The molecular weight excluding hydrogens is 248 g/mol. The average Bonchev–Trinajstić information content (AvgIpc) is 2.24. The van der Waals surface area contributed by atoms with Crippen molar-refractivity contribution >= 4 is 15.6 Å². The number of hydrogen-bond acceptors (Lipinski definition) is 3. The van der Waals surface area contributed by atoms with Gasteiger partial charge in [0.1, 0.15) is 11.0 Å².